The lowest BCUT2D eigenvalue weighted by molar-refractivity contribution is 0.0916. The Labute approximate surface area is 385 Å². The SMILES string of the molecule is CC(C)(C)c1cc2c3oc(cc(=O)c3c1)C(=O)NCc1ccc3c(c1)C1(c4ccccc4-3)c3ccccc3-c3ccc(cc31)CNC(=O)c1cc(=O)c3cc(C(C)(C)C)cc(c3o1)NC(=O)N2. The molecule has 332 valence electrons. The van der Waals surface area contributed by atoms with E-state index in [9.17, 15) is 24.0 Å². The van der Waals surface area contributed by atoms with Crippen LogP contribution < -0.4 is 32.1 Å². The Morgan fingerprint density at radius 2 is 0.866 bits per heavy atom. The first-order valence-electron chi connectivity index (χ1n) is 22.3. The van der Waals surface area contributed by atoms with E-state index in [2.05, 4.69) is 81.9 Å². The van der Waals surface area contributed by atoms with Gasteiger partial charge in [-0.3, -0.25) is 19.2 Å². The van der Waals surface area contributed by atoms with Crippen molar-refractivity contribution in [2.24, 2.45) is 0 Å². The highest BCUT2D eigenvalue weighted by atomic mass is 16.4. The van der Waals surface area contributed by atoms with E-state index in [1.807, 2.05) is 65.8 Å². The van der Waals surface area contributed by atoms with Crippen LogP contribution >= 0.6 is 0 Å². The van der Waals surface area contributed by atoms with E-state index < -0.39 is 44.9 Å². The molecular weight excluding hydrogens is 841 g/mol. The first-order chi connectivity index (χ1) is 32.0. The summed E-state index contributed by atoms with van der Waals surface area (Å²) in [6.07, 6.45) is 0. The van der Waals surface area contributed by atoms with E-state index in [1.165, 1.54) is 12.1 Å². The molecule has 4 amide bonds. The summed E-state index contributed by atoms with van der Waals surface area (Å²) in [5.41, 5.74) is 9.48. The fourth-order valence-electron chi connectivity index (χ4n) is 10.1. The van der Waals surface area contributed by atoms with Gasteiger partial charge in [0.25, 0.3) is 11.8 Å². The second-order valence-corrected chi connectivity index (χ2v) is 19.8. The Bertz CT molecular complexity index is 3390. The monoisotopic (exact) mass is 886 g/mol. The number of anilines is 2. The topological polar surface area (TPSA) is 160 Å². The van der Waals surface area contributed by atoms with Gasteiger partial charge in [-0.1, -0.05) is 126 Å². The molecule has 3 aliphatic rings. The van der Waals surface area contributed by atoms with Crippen molar-refractivity contribution >= 4 is 51.2 Å². The van der Waals surface area contributed by atoms with Crippen LogP contribution in [-0.2, 0) is 29.3 Å². The van der Waals surface area contributed by atoms with Crippen molar-refractivity contribution in [2.45, 2.75) is 70.9 Å². The molecule has 4 N–H and O–H groups in total. The van der Waals surface area contributed by atoms with Crippen LogP contribution in [0.2, 0.25) is 0 Å². The molecular formula is C56H46N4O7. The van der Waals surface area contributed by atoms with Gasteiger partial charge in [-0.15, -0.1) is 0 Å². The molecule has 0 fully saturated rings. The first-order valence-corrected chi connectivity index (χ1v) is 22.3. The zero-order valence-corrected chi connectivity index (χ0v) is 37.8. The molecule has 1 aliphatic heterocycles. The summed E-state index contributed by atoms with van der Waals surface area (Å²) >= 11 is 0. The third-order valence-corrected chi connectivity index (χ3v) is 13.5. The lowest BCUT2D eigenvalue weighted by Gasteiger charge is -2.31. The van der Waals surface area contributed by atoms with Crippen LogP contribution in [0.15, 0.2) is 140 Å². The summed E-state index contributed by atoms with van der Waals surface area (Å²) < 4.78 is 12.5. The standard InChI is InChI=1S/C56H46N4O7/c1-54(2,3)31-21-37-45(61)25-47-51(63)57-27-29-15-17-35-33-11-7-9-13-39(33)56(41(35)19-29)40-14-10-8-12-34(40)36-18-16-30(20-42(36)56)28-58-52(64)48-26-46(62)38-22-32(55(4,5)6)24-44(50(38)67-48)60-53(65)59-43(23-31)49(37)66-47/h7-26H,27-28H2,1-6H3,(H,57,63)(H,58,64)(H2,59,60,65). The minimum atomic E-state index is -0.752. The van der Waals surface area contributed by atoms with Gasteiger partial charge in [0.2, 0.25) is 0 Å². The van der Waals surface area contributed by atoms with E-state index >= 15 is 0 Å². The average Bonchev–Trinajstić information content (AvgIpc) is 3.75. The number of carbonyl (C=O) groups is 3. The molecule has 1 spiro atoms. The third-order valence-electron chi connectivity index (χ3n) is 13.5. The van der Waals surface area contributed by atoms with Crippen LogP contribution in [0.3, 0.4) is 0 Å². The summed E-state index contributed by atoms with van der Waals surface area (Å²) in [6, 6.07) is 37.7. The molecule has 0 saturated heterocycles. The molecule has 0 radical (unpaired) electrons. The second kappa shape index (κ2) is 14.7. The van der Waals surface area contributed by atoms with E-state index in [0.29, 0.717) is 0 Å². The molecule has 67 heavy (non-hydrogen) atoms. The van der Waals surface area contributed by atoms with Crippen LogP contribution in [0.1, 0.15) is 107 Å². The van der Waals surface area contributed by atoms with E-state index in [4.69, 9.17) is 8.83 Å². The quantitative estimate of drug-likeness (QED) is 0.118. The highest BCUT2D eigenvalue weighted by Crippen LogP contribution is 2.63. The lowest BCUT2D eigenvalue weighted by Crippen LogP contribution is -2.28. The summed E-state index contributed by atoms with van der Waals surface area (Å²) in [7, 11) is 0. The van der Waals surface area contributed by atoms with E-state index in [-0.39, 0.29) is 57.9 Å². The maximum Gasteiger partial charge on any atom is 0.323 e. The molecule has 3 heterocycles. The lowest BCUT2D eigenvalue weighted by atomic mass is 9.70. The number of fused-ring (bicyclic) bond motifs is 8. The molecule has 11 heteroatoms. The van der Waals surface area contributed by atoms with Crippen LogP contribution in [0.25, 0.3) is 44.2 Å². The van der Waals surface area contributed by atoms with Gasteiger partial charge in [-0.05, 0) is 102 Å². The summed E-state index contributed by atoms with van der Waals surface area (Å²) in [6.45, 7) is 12.1. The minimum absolute atomic E-state index is 0.00390. The Kier molecular flexibility index (Phi) is 9.16. The van der Waals surface area contributed by atoms with Crippen LogP contribution in [0.5, 0.6) is 0 Å². The normalized spacial score (nSPS) is 15.1. The van der Waals surface area contributed by atoms with Crippen molar-refractivity contribution < 1.29 is 23.2 Å². The van der Waals surface area contributed by atoms with Gasteiger partial charge in [-0.2, -0.15) is 0 Å². The number of urea groups is 1. The highest BCUT2D eigenvalue weighted by molar-refractivity contribution is 6.09. The minimum Gasteiger partial charge on any atom is -0.448 e. The van der Waals surface area contributed by atoms with Gasteiger partial charge in [0.1, 0.15) is 0 Å². The summed E-state index contributed by atoms with van der Waals surface area (Å²) in [4.78, 5) is 70.2. The predicted octanol–water partition coefficient (Wildman–Crippen LogP) is 10.7. The van der Waals surface area contributed by atoms with Gasteiger partial charge in [0.05, 0.1) is 27.6 Å². The van der Waals surface area contributed by atoms with Gasteiger partial charge in [-0.25, -0.2) is 4.79 Å². The zero-order chi connectivity index (χ0) is 46.7. The molecule has 2 aromatic heterocycles. The molecule has 11 nitrogen and oxygen atoms in total. The predicted molar refractivity (Wildman–Crippen MR) is 260 cm³/mol. The highest BCUT2D eigenvalue weighted by Gasteiger charge is 2.51. The van der Waals surface area contributed by atoms with E-state index in [1.54, 1.807) is 24.3 Å². The maximum absolute atomic E-state index is 14.2. The maximum atomic E-state index is 14.2. The fourth-order valence-corrected chi connectivity index (χ4v) is 10.1. The number of rotatable bonds is 0. The van der Waals surface area contributed by atoms with Crippen LogP contribution in [0, 0.1) is 0 Å². The number of carbonyl (C=O) groups excluding carboxylic acids is 3. The summed E-state index contributed by atoms with van der Waals surface area (Å²) in [5, 5.41) is 12.0. The van der Waals surface area contributed by atoms with Gasteiger partial charge < -0.3 is 30.1 Å². The number of hydrogen-bond donors (Lipinski definition) is 4. The second-order valence-electron chi connectivity index (χ2n) is 19.8. The molecule has 6 aromatic carbocycles. The third kappa shape index (κ3) is 6.59. The van der Waals surface area contributed by atoms with Crippen molar-refractivity contribution in [3.8, 4) is 22.3 Å². The van der Waals surface area contributed by atoms with Crippen LogP contribution in [0.4, 0.5) is 16.2 Å². The molecule has 8 aromatic rings. The number of benzene rings is 6. The Balaban J connectivity index is 1.11. The van der Waals surface area contributed by atoms with E-state index in [0.717, 1.165) is 66.8 Å². The molecule has 8 bridgehead atoms. The molecule has 11 rings (SSSR count). The van der Waals surface area contributed by atoms with Crippen molar-refractivity contribution in [1.29, 1.82) is 0 Å². The van der Waals surface area contributed by atoms with Gasteiger partial charge in [0.15, 0.2) is 33.5 Å². The number of nitrogens with one attached hydrogen (secondary N) is 4. The Hall–Kier alpha value is -8.05. The smallest absolute Gasteiger partial charge is 0.323 e. The first kappa shape index (κ1) is 41.6. The summed E-state index contributed by atoms with van der Waals surface area (Å²) in [5.74, 6) is -1.68. The Morgan fingerprint density at radius 3 is 1.28 bits per heavy atom. The molecule has 0 atom stereocenters. The Morgan fingerprint density at radius 1 is 0.463 bits per heavy atom. The molecule has 0 unspecified atom stereocenters. The van der Waals surface area contributed by atoms with Crippen molar-refractivity contribution in [3.63, 3.8) is 0 Å². The number of amides is 4. The molecule has 2 aliphatic carbocycles. The average molecular weight is 887 g/mol. The number of hydrogen-bond acceptors (Lipinski definition) is 7. The fraction of sp³-hybridized carbons (Fsp3) is 0.196. The molecule has 0 saturated carbocycles. The van der Waals surface area contributed by atoms with Gasteiger partial charge >= 0.3 is 6.03 Å². The van der Waals surface area contributed by atoms with Crippen molar-refractivity contribution in [1.82, 2.24) is 10.6 Å². The van der Waals surface area contributed by atoms with Crippen molar-refractivity contribution in [2.75, 3.05) is 10.6 Å². The zero-order valence-electron chi connectivity index (χ0n) is 37.8. The largest absolute Gasteiger partial charge is 0.448 e. The van der Waals surface area contributed by atoms with Gasteiger partial charge in [0, 0.05) is 25.2 Å². The van der Waals surface area contributed by atoms with Crippen LogP contribution in [-0.4, -0.2) is 17.8 Å². The van der Waals surface area contributed by atoms with Crippen molar-refractivity contribution in [3.05, 3.63) is 198 Å².